The van der Waals surface area contributed by atoms with Crippen molar-refractivity contribution in [1.29, 1.82) is 0 Å². The number of likely N-dealkylation sites (tertiary alicyclic amines) is 1. The van der Waals surface area contributed by atoms with Crippen LogP contribution in [0.2, 0.25) is 0 Å². The molecule has 29 heavy (non-hydrogen) atoms. The summed E-state index contributed by atoms with van der Waals surface area (Å²) in [6.07, 6.45) is 11.8. The van der Waals surface area contributed by atoms with Crippen LogP contribution in [0.4, 0.5) is 0 Å². The fourth-order valence-corrected chi connectivity index (χ4v) is 5.22. The van der Waals surface area contributed by atoms with Gasteiger partial charge in [-0.25, -0.2) is 0 Å². The van der Waals surface area contributed by atoms with Crippen molar-refractivity contribution in [3.63, 3.8) is 0 Å². The van der Waals surface area contributed by atoms with Gasteiger partial charge in [0, 0.05) is 18.9 Å². The van der Waals surface area contributed by atoms with Gasteiger partial charge in [-0.2, -0.15) is 0 Å². The topological polar surface area (TPSA) is 52.9 Å². The predicted octanol–water partition coefficient (Wildman–Crippen LogP) is 3.40. The molecule has 0 aromatic rings. The number of aliphatic hydroxyl groups excluding tert-OH is 2. The van der Waals surface area contributed by atoms with Gasteiger partial charge in [0.15, 0.2) is 0 Å². The lowest BCUT2D eigenvalue weighted by Crippen LogP contribution is -2.24. The lowest BCUT2D eigenvalue weighted by atomic mass is 9.89. The van der Waals surface area contributed by atoms with Crippen LogP contribution in [0.5, 0.6) is 0 Å². The molecular formula is C25H39NO3. The second-order valence-corrected chi connectivity index (χ2v) is 9.18. The highest BCUT2D eigenvalue weighted by molar-refractivity contribution is 5.18. The molecule has 1 heterocycles. The molecule has 0 aromatic heterocycles. The maximum Gasteiger partial charge on any atom is 0.0755 e. The largest absolute Gasteiger partial charge is 0.392 e. The highest BCUT2D eigenvalue weighted by atomic mass is 16.5. The Balaban J connectivity index is 1.43. The zero-order valence-electron chi connectivity index (χ0n) is 18.2. The van der Waals surface area contributed by atoms with Crippen LogP contribution >= 0.6 is 0 Å². The van der Waals surface area contributed by atoms with Crippen molar-refractivity contribution < 1.29 is 14.9 Å². The van der Waals surface area contributed by atoms with Gasteiger partial charge in [-0.15, -0.1) is 11.8 Å². The van der Waals surface area contributed by atoms with Crippen LogP contribution in [-0.2, 0) is 4.74 Å². The third kappa shape index (κ3) is 6.43. The van der Waals surface area contributed by atoms with Crippen LogP contribution in [0.15, 0.2) is 23.8 Å². The molecule has 2 N–H and O–H groups in total. The molecule has 0 amide bonds. The smallest absolute Gasteiger partial charge is 0.0755 e. The molecular weight excluding hydrogens is 362 g/mol. The van der Waals surface area contributed by atoms with Crippen LogP contribution in [0.1, 0.15) is 52.4 Å². The molecule has 3 aliphatic rings. The molecule has 0 aromatic carbocycles. The maximum absolute atomic E-state index is 10.5. The van der Waals surface area contributed by atoms with Crippen molar-refractivity contribution in [2.24, 2.45) is 23.7 Å². The van der Waals surface area contributed by atoms with Crippen LogP contribution in [0.25, 0.3) is 0 Å². The van der Waals surface area contributed by atoms with E-state index in [0.717, 1.165) is 32.4 Å². The summed E-state index contributed by atoms with van der Waals surface area (Å²) in [5.74, 6) is 7.26. The van der Waals surface area contributed by atoms with E-state index in [9.17, 15) is 10.2 Å². The number of aliphatic hydroxyl groups is 2. The van der Waals surface area contributed by atoms with E-state index in [2.05, 4.69) is 28.9 Å². The average Bonchev–Trinajstić information content (AvgIpc) is 3.41. The number of allylic oxidation sites excluding steroid dienone is 1. The Morgan fingerprint density at radius 3 is 2.83 bits per heavy atom. The zero-order chi connectivity index (χ0) is 20.6. The van der Waals surface area contributed by atoms with E-state index in [1.54, 1.807) is 0 Å². The second-order valence-electron chi connectivity index (χ2n) is 9.18. The fourth-order valence-electron chi connectivity index (χ4n) is 5.22. The molecule has 0 spiro atoms. The van der Waals surface area contributed by atoms with Crippen molar-refractivity contribution in [2.75, 3.05) is 32.8 Å². The Bertz CT molecular complexity index is 626. The number of nitrogens with zero attached hydrogens (tertiary/aromatic N) is 1. The van der Waals surface area contributed by atoms with Gasteiger partial charge >= 0.3 is 0 Å². The minimum atomic E-state index is -0.498. The van der Waals surface area contributed by atoms with Crippen LogP contribution in [0.3, 0.4) is 0 Å². The highest BCUT2D eigenvalue weighted by Gasteiger charge is 2.45. The molecule has 6 atom stereocenters. The van der Waals surface area contributed by atoms with Crippen molar-refractivity contribution in [1.82, 2.24) is 4.90 Å². The minimum absolute atomic E-state index is 0.116. The summed E-state index contributed by atoms with van der Waals surface area (Å²) >= 11 is 0. The molecule has 1 saturated heterocycles. The number of ether oxygens (including phenoxy) is 1. The first-order valence-corrected chi connectivity index (χ1v) is 11.5. The summed E-state index contributed by atoms with van der Waals surface area (Å²) < 4.78 is 5.84. The fraction of sp³-hybridized carbons (Fsp3) is 0.760. The van der Waals surface area contributed by atoms with Crippen LogP contribution in [-0.4, -0.2) is 60.2 Å². The molecule has 0 unspecified atom stereocenters. The monoisotopic (exact) mass is 401 g/mol. The van der Waals surface area contributed by atoms with E-state index in [1.807, 2.05) is 19.9 Å². The molecule has 162 valence electrons. The van der Waals surface area contributed by atoms with E-state index < -0.39 is 6.10 Å². The third-order valence-corrected chi connectivity index (χ3v) is 7.07. The molecule has 4 nitrogen and oxygen atoms in total. The Morgan fingerprint density at radius 2 is 2.07 bits per heavy atom. The minimum Gasteiger partial charge on any atom is -0.392 e. The highest BCUT2D eigenvalue weighted by Crippen LogP contribution is 2.50. The Kier molecular flexibility index (Phi) is 8.81. The first kappa shape index (κ1) is 22.6. The zero-order valence-corrected chi connectivity index (χ0v) is 18.2. The average molecular weight is 402 g/mol. The van der Waals surface area contributed by atoms with E-state index in [4.69, 9.17) is 4.74 Å². The van der Waals surface area contributed by atoms with Gasteiger partial charge in [-0.05, 0) is 69.9 Å². The first-order valence-electron chi connectivity index (χ1n) is 11.5. The van der Waals surface area contributed by atoms with Gasteiger partial charge in [-0.3, -0.25) is 0 Å². The molecule has 2 aliphatic carbocycles. The quantitative estimate of drug-likeness (QED) is 0.353. The van der Waals surface area contributed by atoms with E-state index in [0.29, 0.717) is 24.9 Å². The van der Waals surface area contributed by atoms with Crippen LogP contribution in [0, 0.1) is 35.5 Å². The molecule has 1 aliphatic heterocycles. The standard InChI is InChI=1S/C25H39NO3/c1-3-4-7-19(2)24(27)9-8-22-23-17-20(16-21(23)18-25(22)28)10-14-29-15-13-26-11-5-6-12-26/h8-10,19,21-25,27-28H,5-7,11-18H2,1-2H3/b9-8+,20-10?/t19-,21+,22-,23+,24+,25-/m1/s1. The van der Waals surface area contributed by atoms with Gasteiger partial charge in [0.25, 0.3) is 0 Å². The molecule has 3 rings (SSSR count). The van der Waals surface area contributed by atoms with Crippen molar-refractivity contribution in [3.05, 3.63) is 23.8 Å². The molecule has 0 bridgehead atoms. The molecule has 4 heteroatoms. The Labute approximate surface area is 177 Å². The van der Waals surface area contributed by atoms with Crippen molar-refractivity contribution >= 4 is 0 Å². The van der Waals surface area contributed by atoms with Crippen molar-refractivity contribution in [3.8, 4) is 11.8 Å². The normalized spacial score (nSPS) is 33.2. The molecule has 3 fully saturated rings. The Hall–Kier alpha value is -1.12. The Morgan fingerprint density at radius 1 is 1.28 bits per heavy atom. The van der Waals surface area contributed by atoms with Gasteiger partial charge in [0.05, 0.1) is 25.4 Å². The number of hydrogen-bond acceptors (Lipinski definition) is 4. The van der Waals surface area contributed by atoms with E-state index >= 15 is 0 Å². The van der Waals surface area contributed by atoms with E-state index in [-0.39, 0.29) is 17.9 Å². The van der Waals surface area contributed by atoms with Crippen LogP contribution < -0.4 is 0 Å². The molecule has 0 radical (unpaired) electrons. The lowest BCUT2D eigenvalue weighted by molar-refractivity contribution is 0.132. The summed E-state index contributed by atoms with van der Waals surface area (Å²) in [5.41, 5.74) is 1.48. The van der Waals surface area contributed by atoms with Crippen molar-refractivity contribution in [2.45, 2.75) is 64.6 Å². The van der Waals surface area contributed by atoms with Gasteiger partial charge in [0.1, 0.15) is 0 Å². The first-order chi connectivity index (χ1) is 14.1. The van der Waals surface area contributed by atoms with E-state index in [1.165, 1.54) is 31.5 Å². The summed E-state index contributed by atoms with van der Waals surface area (Å²) in [6, 6.07) is 0. The van der Waals surface area contributed by atoms with Gasteiger partial charge in [0.2, 0.25) is 0 Å². The summed E-state index contributed by atoms with van der Waals surface area (Å²) in [6.45, 7) is 8.88. The summed E-state index contributed by atoms with van der Waals surface area (Å²) in [4.78, 5) is 2.48. The summed E-state index contributed by atoms with van der Waals surface area (Å²) in [7, 11) is 0. The lowest BCUT2D eigenvalue weighted by Gasteiger charge is -2.19. The second kappa shape index (κ2) is 11.3. The number of hydrogen-bond donors (Lipinski definition) is 2. The predicted molar refractivity (Wildman–Crippen MR) is 117 cm³/mol. The van der Waals surface area contributed by atoms with Gasteiger partial charge < -0.3 is 19.8 Å². The number of rotatable bonds is 9. The SMILES string of the molecule is CC#CC[C@@H](C)[C@@H](O)/C=C/[C@@H]1[C@H]2CC(=CCOCCN3CCCC3)C[C@H]2C[C@H]1O. The third-order valence-electron chi connectivity index (χ3n) is 7.07. The maximum atomic E-state index is 10.5. The summed E-state index contributed by atoms with van der Waals surface area (Å²) in [5, 5.41) is 20.9. The number of fused-ring (bicyclic) bond motifs is 1. The molecule has 2 saturated carbocycles. The van der Waals surface area contributed by atoms with Gasteiger partial charge in [-0.1, -0.05) is 30.7 Å².